The number of piperidine rings is 1. The van der Waals surface area contributed by atoms with Crippen LogP contribution in [0.2, 0.25) is 0 Å². The van der Waals surface area contributed by atoms with Crippen LogP contribution < -0.4 is 0 Å². The minimum atomic E-state index is -0.871. The van der Waals surface area contributed by atoms with Crippen molar-refractivity contribution in [3.05, 3.63) is 40.6 Å². The van der Waals surface area contributed by atoms with Crippen LogP contribution in [0, 0.1) is 13.8 Å². The summed E-state index contributed by atoms with van der Waals surface area (Å²) < 4.78 is 5.06. The second-order valence-electron chi connectivity index (χ2n) is 7.06. The molecular weight excluding hydrogens is 348 g/mol. The number of hydrogen-bond donors (Lipinski definition) is 1. The van der Waals surface area contributed by atoms with Gasteiger partial charge < -0.3 is 14.7 Å². The van der Waals surface area contributed by atoms with Crippen LogP contribution in [0.3, 0.4) is 0 Å². The highest BCUT2D eigenvalue weighted by atomic mass is 16.7. The monoisotopic (exact) mass is 376 g/mol. The zero-order valence-corrected chi connectivity index (χ0v) is 16.4. The van der Waals surface area contributed by atoms with Gasteiger partial charge in [0.25, 0.3) is 5.91 Å². The van der Waals surface area contributed by atoms with E-state index in [4.69, 9.17) is 14.4 Å². The van der Waals surface area contributed by atoms with Crippen molar-refractivity contribution in [2.45, 2.75) is 32.2 Å². The van der Waals surface area contributed by atoms with Crippen molar-refractivity contribution in [3.8, 4) is 0 Å². The number of aliphatic hydroxyl groups excluding tert-OH is 1. The van der Waals surface area contributed by atoms with Crippen LogP contribution in [0.5, 0.6) is 0 Å². The van der Waals surface area contributed by atoms with E-state index in [-0.39, 0.29) is 18.3 Å². The summed E-state index contributed by atoms with van der Waals surface area (Å²) in [5, 5.41) is 14.5. The van der Waals surface area contributed by atoms with E-state index in [1.54, 1.807) is 14.2 Å². The molecule has 1 saturated heterocycles. The lowest BCUT2D eigenvalue weighted by molar-refractivity contribution is -0.235. The lowest BCUT2D eigenvalue weighted by Gasteiger charge is -2.42. The fraction of sp³-hybridized carbons (Fsp3) is 0.550. The third-order valence-electron chi connectivity index (χ3n) is 5.51. The molecule has 1 amide bonds. The Morgan fingerprint density at radius 3 is 2.30 bits per heavy atom. The van der Waals surface area contributed by atoms with E-state index in [9.17, 15) is 9.90 Å². The Kier molecular flexibility index (Phi) is 5.86. The normalized spacial score (nSPS) is 20.1. The largest absolute Gasteiger partial charge is 0.509 e. The highest BCUT2D eigenvalue weighted by Crippen LogP contribution is 2.46. The third-order valence-corrected chi connectivity index (χ3v) is 5.51. The van der Waals surface area contributed by atoms with Crippen molar-refractivity contribution in [1.29, 1.82) is 0 Å². The highest BCUT2D eigenvalue weighted by Gasteiger charge is 2.55. The summed E-state index contributed by atoms with van der Waals surface area (Å²) in [7, 11) is 3.21. The van der Waals surface area contributed by atoms with Crippen molar-refractivity contribution >= 4 is 11.5 Å². The molecule has 2 aliphatic rings. The lowest BCUT2D eigenvalue weighted by Crippen LogP contribution is -2.55. The Labute approximate surface area is 160 Å². The molecule has 0 aliphatic carbocycles. The summed E-state index contributed by atoms with van der Waals surface area (Å²) in [5.74, 6) is -0.204. The SMILES string of the molecule is COCCON1C(=O)C(c2c(C)cccc2C)=C(O)C12CCN(OC)CC2. The summed E-state index contributed by atoms with van der Waals surface area (Å²) in [5.41, 5.74) is 2.16. The maximum absolute atomic E-state index is 13.3. The van der Waals surface area contributed by atoms with E-state index in [0.29, 0.717) is 38.1 Å². The smallest absolute Gasteiger partial charge is 0.282 e. The lowest BCUT2D eigenvalue weighted by atomic mass is 9.85. The summed E-state index contributed by atoms with van der Waals surface area (Å²) in [6, 6.07) is 5.85. The van der Waals surface area contributed by atoms with Gasteiger partial charge in [0, 0.05) is 20.2 Å². The average Bonchev–Trinajstić information content (AvgIpc) is 2.85. The van der Waals surface area contributed by atoms with E-state index in [1.807, 2.05) is 37.1 Å². The molecule has 0 unspecified atom stereocenters. The molecule has 3 rings (SSSR count). The van der Waals surface area contributed by atoms with Crippen LogP contribution in [0.4, 0.5) is 0 Å². The Balaban J connectivity index is 2.04. The molecule has 0 atom stereocenters. The molecule has 2 heterocycles. The van der Waals surface area contributed by atoms with Gasteiger partial charge in [-0.1, -0.05) is 18.2 Å². The van der Waals surface area contributed by atoms with Crippen LogP contribution in [0.25, 0.3) is 5.57 Å². The molecule has 0 radical (unpaired) electrons. The number of benzene rings is 1. The predicted molar refractivity (Wildman–Crippen MR) is 101 cm³/mol. The second kappa shape index (κ2) is 7.98. The van der Waals surface area contributed by atoms with Crippen LogP contribution in [-0.2, 0) is 19.2 Å². The molecule has 2 aliphatic heterocycles. The van der Waals surface area contributed by atoms with Gasteiger partial charge in [0.05, 0.1) is 25.9 Å². The van der Waals surface area contributed by atoms with Gasteiger partial charge in [0.2, 0.25) is 0 Å². The maximum Gasteiger partial charge on any atom is 0.282 e. The van der Waals surface area contributed by atoms with Crippen molar-refractivity contribution in [2.24, 2.45) is 0 Å². The quantitative estimate of drug-likeness (QED) is 0.769. The molecule has 1 aromatic carbocycles. The maximum atomic E-state index is 13.3. The average molecular weight is 376 g/mol. The van der Waals surface area contributed by atoms with Crippen LogP contribution >= 0.6 is 0 Å². The van der Waals surface area contributed by atoms with Gasteiger partial charge in [-0.2, -0.15) is 5.06 Å². The number of methoxy groups -OCH3 is 1. The molecule has 0 bridgehead atoms. The number of carbonyl (C=O) groups excluding carboxylic acids is 1. The third kappa shape index (κ3) is 3.36. The Morgan fingerprint density at radius 1 is 1.11 bits per heavy atom. The Hall–Kier alpha value is -1.93. The van der Waals surface area contributed by atoms with Crippen molar-refractivity contribution < 1.29 is 24.3 Å². The number of aliphatic hydroxyl groups is 1. The van der Waals surface area contributed by atoms with Gasteiger partial charge in [-0.3, -0.25) is 9.63 Å². The van der Waals surface area contributed by atoms with E-state index in [0.717, 1.165) is 16.7 Å². The highest BCUT2D eigenvalue weighted by molar-refractivity contribution is 6.23. The molecule has 1 N–H and O–H groups in total. The summed E-state index contributed by atoms with van der Waals surface area (Å²) in [6.45, 7) is 5.69. The molecule has 1 fully saturated rings. The van der Waals surface area contributed by atoms with E-state index in [1.165, 1.54) is 5.06 Å². The van der Waals surface area contributed by atoms with Crippen LogP contribution in [0.15, 0.2) is 24.0 Å². The molecule has 27 heavy (non-hydrogen) atoms. The molecule has 148 valence electrons. The number of amides is 1. The number of rotatable bonds is 6. The first-order chi connectivity index (χ1) is 13.0. The Morgan fingerprint density at radius 2 is 1.74 bits per heavy atom. The number of aryl methyl sites for hydroxylation is 2. The van der Waals surface area contributed by atoms with E-state index in [2.05, 4.69) is 0 Å². The summed E-state index contributed by atoms with van der Waals surface area (Å²) in [6.07, 6.45) is 1.06. The predicted octanol–water partition coefficient (Wildman–Crippen LogP) is 2.39. The minimum Gasteiger partial charge on any atom is -0.509 e. The number of ether oxygens (including phenoxy) is 1. The first kappa shape index (κ1) is 19.8. The minimum absolute atomic E-state index is 0.0954. The van der Waals surface area contributed by atoms with Crippen LogP contribution in [0.1, 0.15) is 29.5 Å². The van der Waals surface area contributed by atoms with E-state index < -0.39 is 5.54 Å². The molecule has 1 spiro atoms. The zero-order valence-electron chi connectivity index (χ0n) is 16.4. The second-order valence-corrected chi connectivity index (χ2v) is 7.06. The van der Waals surface area contributed by atoms with Gasteiger partial charge in [0.1, 0.15) is 11.3 Å². The van der Waals surface area contributed by atoms with Gasteiger partial charge in [-0.05, 0) is 43.4 Å². The van der Waals surface area contributed by atoms with Crippen molar-refractivity contribution in [3.63, 3.8) is 0 Å². The Bertz CT molecular complexity index is 718. The number of carbonyl (C=O) groups is 1. The van der Waals surface area contributed by atoms with Gasteiger partial charge in [-0.15, -0.1) is 0 Å². The molecule has 1 aromatic rings. The standard InChI is InChI=1S/C20H28N2O5/c1-14-6-5-7-15(2)16(14)17-18(23)20(8-10-21(26-4)11-9-20)22(19(17)24)27-13-12-25-3/h5-7,23H,8-13H2,1-4H3. The number of hydrogen-bond acceptors (Lipinski definition) is 6. The van der Waals surface area contributed by atoms with Crippen LogP contribution in [-0.4, -0.2) is 67.2 Å². The van der Waals surface area contributed by atoms with Gasteiger partial charge >= 0.3 is 0 Å². The van der Waals surface area contributed by atoms with Crippen molar-refractivity contribution in [1.82, 2.24) is 10.1 Å². The molecule has 0 saturated carbocycles. The summed E-state index contributed by atoms with van der Waals surface area (Å²) in [4.78, 5) is 24.5. The van der Waals surface area contributed by atoms with Crippen molar-refractivity contribution in [2.75, 3.05) is 40.5 Å². The number of hydroxylamine groups is 4. The van der Waals surface area contributed by atoms with Gasteiger partial charge in [0.15, 0.2) is 0 Å². The summed E-state index contributed by atoms with van der Waals surface area (Å²) >= 11 is 0. The molecule has 7 nitrogen and oxygen atoms in total. The zero-order chi connectivity index (χ0) is 19.6. The topological polar surface area (TPSA) is 71.5 Å². The molecule has 0 aromatic heterocycles. The first-order valence-corrected chi connectivity index (χ1v) is 9.22. The van der Waals surface area contributed by atoms with Gasteiger partial charge in [-0.25, -0.2) is 5.06 Å². The fourth-order valence-electron chi connectivity index (χ4n) is 4.03. The molecular formula is C20H28N2O5. The van der Waals surface area contributed by atoms with E-state index >= 15 is 0 Å². The first-order valence-electron chi connectivity index (χ1n) is 9.22. The number of nitrogens with zero attached hydrogens (tertiary/aromatic N) is 2. The molecule has 7 heteroatoms. The fourth-order valence-corrected chi connectivity index (χ4v) is 4.03.